The van der Waals surface area contributed by atoms with E-state index in [0.717, 1.165) is 32.8 Å². The number of nitrogens with zero attached hydrogens (tertiary/aromatic N) is 2. The Kier molecular flexibility index (Phi) is 4.36. The summed E-state index contributed by atoms with van der Waals surface area (Å²) in [5, 5.41) is 0.542. The minimum atomic E-state index is 0.0709. The number of rotatable bonds is 3. The first-order valence-corrected chi connectivity index (χ1v) is 8.45. The van der Waals surface area contributed by atoms with Crippen LogP contribution in [0.15, 0.2) is 24.3 Å². The van der Waals surface area contributed by atoms with Gasteiger partial charge in [0, 0.05) is 5.56 Å². The van der Waals surface area contributed by atoms with Gasteiger partial charge in [0.25, 0.3) is 0 Å². The molecule has 5 heteroatoms. The first kappa shape index (κ1) is 15.0. The molecule has 0 saturated carbocycles. The average molecular weight is 415 g/mol. The van der Waals surface area contributed by atoms with Gasteiger partial charge in [0.05, 0.1) is 15.2 Å². The van der Waals surface area contributed by atoms with E-state index in [4.69, 9.17) is 21.3 Å². The Morgan fingerprint density at radius 2 is 2.10 bits per heavy atom. The zero-order valence-corrected chi connectivity index (χ0v) is 14.9. The highest BCUT2D eigenvalue weighted by Crippen LogP contribution is 2.37. The van der Waals surface area contributed by atoms with Crippen LogP contribution in [-0.4, -0.2) is 16.6 Å². The van der Waals surface area contributed by atoms with Crippen molar-refractivity contribution < 1.29 is 4.74 Å². The lowest BCUT2D eigenvalue weighted by atomic mass is 10.00. The van der Waals surface area contributed by atoms with Gasteiger partial charge in [-0.25, -0.2) is 9.97 Å². The zero-order valence-electron chi connectivity index (χ0n) is 11.9. The quantitative estimate of drug-likeness (QED) is 0.549. The molecule has 0 bridgehead atoms. The maximum Gasteiger partial charge on any atom is 0.146 e. The number of para-hydroxylation sites is 1. The predicted octanol–water partition coefficient (Wildman–Crippen LogP) is 4.46. The number of halogens is 2. The van der Waals surface area contributed by atoms with Crippen LogP contribution in [0.2, 0.25) is 5.15 Å². The highest BCUT2D eigenvalue weighted by Gasteiger charge is 2.28. The van der Waals surface area contributed by atoms with E-state index in [9.17, 15) is 0 Å². The summed E-state index contributed by atoms with van der Waals surface area (Å²) in [4.78, 5) is 9.26. The minimum Gasteiger partial charge on any atom is -0.492 e. The second kappa shape index (κ2) is 6.08. The van der Waals surface area contributed by atoms with Crippen molar-refractivity contribution in [3.8, 4) is 5.75 Å². The van der Waals surface area contributed by atoms with Gasteiger partial charge in [0.15, 0.2) is 0 Å². The van der Waals surface area contributed by atoms with Crippen LogP contribution in [0.4, 0.5) is 0 Å². The van der Waals surface area contributed by atoms with E-state index >= 15 is 0 Å². The Balaban J connectivity index is 2.02. The number of hydrogen-bond acceptors (Lipinski definition) is 3. The molecule has 110 valence electrons. The molecule has 0 saturated heterocycles. The molecule has 2 aromatic rings. The van der Waals surface area contributed by atoms with Crippen molar-refractivity contribution in [3.05, 3.63) is 50.1 Å². The normalized spacial score (nSPS) is 16.9. The smallest absolute Gasteiger partial charge is 0.146 e. The number of benzene rings is 1. The summed E-state index contributed by atoms with van der Waals surface area (Å²) in [7, 11) is 0. The highest BCUT2D eigenvalue weighted by molar-refractivity contribution is 14.1. The molecule has 0 radical (unpaired) electrons. The molecule has 1 aromatic heterocycles. The molecule has 1 aliphatic rings. The molecule has 1 aromatic carbocycles. The fraction of sp³-hybridized carbons (Fsp3) is 0.375. The van der Waals surface area contributed by atoms with Gasteiger partial charge in [-0.05, 0) is 41.0 Å². The maximum absolute atomic E-state index is 6.31. The Morgan fingerprint density at radius 3 is 2.86 bits per heavy atom. The number of ether oxygens (including phenoxy) is 1. The van der Waals surface area contributed by atoms with Gasteiger partial charge in [-0.1, -0.05) is 43.6 Å². The average Bonchev–Trinajstić information content (AvgIpc) is 2.87. The Bertz CT molecular complexity index is 675. The SMILES string of the molecule is CC(C)Cc1nc(C2COc3ccccc32)nc(Cl)c1I. The topological polar surface area (TPSA) is 35.0 Å². The van der Waals surface area contributed by atoms with Crippen LogP contribution in [0.5, 0.6) is 5.75 Å². The molecular weight excluding hydrogens is 399 g/mol. The molecule has 3 rings (SSSR count). The molecule has 0 spiro atoms. The van der Waals surface area contributed by atoms with Crippen LogP contribution in [0.25, 0.3) is 0 Å². The van der Waals surface area contributed by atoms with Gasteiger partial charge in [-0.2, -0.15) is 0 Å². The first-order chi connectivity index (χ1) is 10.1. The second-order valence-electron chi connectivity index (χ2n) is 5.63. The summed E-state index contributed by atoms with van der Waals surface area (Å²) < 4.78 is 6.69. The number of fused-ring (bicyclic) bond motifs is 1. The van der Waals surface area contributed by atoms with E-state index in [-0.39, 0.29) is 5.92 Å². The molecule has 0 aliphatic carbocycles. The lowest BCUT2D eigenvalue weighted by Gasteiger charge is -2.13. The highest BCUT2D eigenvalue weighted by atomic mass is 127. The summed E-state index contributed by atoms with van der Waals surface area (Å²) in [6.45, 7) is 4.94. The van der Waals surface area contributed by atoms with Gasteiger partial charge < -0.3 is 4.74 Å². The van der Waals surface area contributed by atoms with E-state index < -0.39 is 0 Å². The zero-order chi connectivity index (χ0) is 15.0. The molecule has 3 nitrogen and oxygen atoms in total. The van der Waals surface area contributed by atoms with Crippen molar-refractivity contribution in [3.63, 3.8) is 0 Å². The molecule has 1 atom stereocenters. The van der Waals surface area contributed by atoms with Gasteiger partial charge in [0.1, 0.15) is 23.3 Å². The summed E-state index contributed by atoms with van der Waals surface area (Å²) in [5.74, 6) is 2.29. The minimum absolute atomic E-state index is 0.0709. The van der Waals surface area contributed by atoms with Crippen LogP contribution < -0.4 is 4.74 Å². The molecule has 0 N–H and O–H groups in total. The van der Waals surface area contributed by atoms with Gasteiger partial charge in [-0.3, -0.25) is 0 Å². The van der Waals surface area contributed by atoms with Crippen molar-refractivity contribution in [2.45, 2.75) is 26.2 Å². The van der Waals surface area contributed by atoms with Crippen LogP contribution in [-0.2, 0) is 6.42 Å². The van der Waals surface area contributed by atoms with Crippen molar-refractivity contribution in [2.75, 3.05) is 6.61 Å². The second-order valence-corrected chi connectivity index (χ2v) is 7.07. The molecular formula is C16H16ClIN2O. The summed E-state index contributed by atoms with van der Waals surface area (Å²) in [6.07, 6.45) is 0.905. The van der Waals surface area contributed by atoms with Crippen LogP contribution in [0, 0.1) is 9.49 Å². The fourth-order valence-electron chi connectivity index (χ4n) is 2.54. The fourth-order valence-corrected chi connectivity index (χ4v) is 3.19. The predicted molar refractivity (Wildman–Crippen MR) is 92.1 cm³/mol. The van der Waals surface area contributed by atoms with Gasteiger partial charge in [0.2, 0.25) is 0 Å². The standard InChI is InChI=1S/C16H16ClIN2O/c1-9(2)7-12-14(18)15(17)20-16(19-12)11-8-21-13-6-4-3-5-10(11)13/h3-6,9,11H,7-8H2,1-2H3. The van der Waals surface area contributed by atoms with E-state index in [1.54, 1.807) is 0 Å². The molecule has 2 heterocycles. The lowest BCUT2D eigenvalue weighted by molar-refractivity contribution is 0.339. The Hall–Kier alpha value is -0.880. The summed E-state index contributed by atoms with van der Waals surface area (Å²) >= 11 is 8.54. The Morgan fingerprint density at radius 1 is 1.33 bits per heavy atom. The lowest BCUT2D eigenvalue weighted by Crippen LogP contribution is -2.12. The van der Waals surface area contributed by atoms with Crippen molar-refractivity contribution >= 4 is 34.2 Å². The van der Waals surface area contributed by atoms with Crippen molar-refractivity contribution in [2.24, 2.45) is 5.92 Å². The van der Waals surface area contributed by atoms with E-state index in [2.05, 4.69) is 47.5 Å². The Labute approximate surface area is 143 Å². The van der Waals surface area contributed by atoms with Crippen LogP contribution in [0.3, 0.4) is 0 Å². The van der Waals surface area contributed by atoms with E-state index in [1.165, 1.54) is 0 Å². The van der Waals surface area contributed by atoms with Crippen molar-refractivity contribution in [1.82, 2.24) is 9.97 Å². The molecule has 1 unspecified atom stereocenters. The first-order valence-electron chi connectivity index (χ1n) is 6.99. The van der Waals surface area contributed by atoms with Crippen LogP contribution in [0.1, 0.15) is 36.8 Å². The monoisotopic (exact) mass is 414 g/mol. The molecule has 21 heavy (non-hydrogen) atoms. The largest absolute Gasteiger partial charge is 0.492 e. The summed E-state index contributed by atoms with van der Waals surface area (Å²) in [6, 6.07) is 8.06. The van der Waals surface area contributed by atoms with Gasteiger partial charge in [-0.15, -0.1) is 0 Å². The maximum atomic E-state index is 6.31. The third kappa shape index (κ3) is 3.01. The van der Waals surface area contributed by atoms with Gasteiger partial charge >= 0.3 is 0 Å². The molecule has 1 aliphatic heterocycles. The van der Waals surface area contributed by atoms with Crippen LogP contribution >= 0.6 is 34.2 Å². The van der Waals surface area contributed by atoms with E-state index in [1.807, 2.05) is 18.2 Å². The third-order valence-electron chi connectivity index (χ3n) is 3.51. The summed E-state index contributed by atoms with van der Waals surface area (Å²) in [5.41, 5.74) is 2.18. The number of hydrogen-bond donors (Lipinski definition) is 0. The number of aromatic nitrogens is 2. The third-order valence-corrected chi connectivity index (χ3v) is 5.24. The van der Waals surface area contributed by atoms with E-state index in [0.29, 0.717) is 17.7 Å². The molecule has 0 fully saturated rings. The molecule has 0 amide bonds. The van der Waals surface area contributed by atoms with Crippen molar-refractivity contribution in [1.29, 1.82) is 0 Å².